The number of unbranched alkanes of at least 4 members (excludes halogenated alkanes) is 2. The van der Waals surface area contributed by atoms with E-state index in [1.165, 1.54) is 18.9 Å². The van der Waals surface area contributed by atoms with Crippen LogP contribution >= 0.6 is 36.4 Å². The van der Waals surface area contributed by atoms with Crippen LogP contribution in [-0.2, 0) is 19.1 Å². The highest BCUT2D eigenvalue weighted by Crippen LogP contribution is 2.32. The molecular weight excluding hydrogens is 472 g/mol. The second kappa shape index (κ2) is 14.3. The summed E-state index contributed by atoms with van der Waals surface area (Å²) in [7, 11) is 5.19. The number of halogens is 1. The van der Waals surface area contributed by atoms with Crippen LogP contribution in [-0.4, -0.2) is 72.9 Å². The Morgan fingerprint density at radius 3 is 2.47 bits per heavy atom. The number of carbonyl (C=O) groups is 3. The number of methoxy groups -OCH3 is 1. The summed E-state index contributed by atoms with van der Waals surface area (Å²) >= 11 is 6.63. The molecule has 1 aromatic rings. The van der Waals surface area contributed by atoms with E-state index in [1.807, 2.05) is 19.0 Å². The number of rotatable bonds is 11. The number of thiocarbonyl (C=S) groups is 1. The molecule has 1 aliphatic heterocycles. The molecule has 1 aliphatic rings. The standard InChI is InChI=1S/C22H28N2O5S2.ClH/c1-23(2)13-14-29-19(25)7-5-4-6-12-24-20(26)18(31-22(24)30)15-16-8-10-17(11-9-16)21(27)28-3;/h8-11,15H,4-7,12-14H2,1-3H3;1H/b18-15-;. The molecular formula is C22H29ClN2O5S2. The predicted molar refractivity (Wildman–Crippen MR) is 133 cm³/mol. The summed E-state index contributed by atoms with van der Waals surface area (Å²) in [4.78, 5) is 40.0. The van der Waals surface area contributed by atoms with Crippen molar-refractivity contribution in [1.29, 1.82) is 0 Å². The highest BCUT2D eigenvalue weighted by molar-refractivity contribution is 8.26. The summed E-state index contributed by atoms with van der Waals surface area (Å²) in [6.07, 6.45) is 4.45. The Labute approximate surface area is 204 Å². The average molecular weight is 501 g/mol. The lowest BCUT2D eigenvalue weighted by Crippen LogP contribution is -2.29. The van der Waals surface area contributed by atoms with Gasteiger partial charge in [-0.1, -0.05) is 42.5 Å². The van der Waals surface area contributed by atoms with Gasteiger partial charge in [0.05, 0.1) is 17.6 Å². The van der Waals surface area contributed by atoms with Crippen molar-refractivity contribution >= 4 is 64.6 Å². The van der Waals surface area contributed by atoms with E-state index < -0.39 is 5.97 Å². The Balaban J connectivity index is 0.00000512. The van der Waals surface area contributed by atoms with E-state index >= 15 is 0 Å². The maximum atomic E-state index is 12.7. The molecule has 1 fully saturated rings. The van der Waals surface area contributed by atoms with E-state index in [0.717, 1.165) is 24.8 Å². The van der Waals surface area contributed by atoms with Crippen LogP contribution in [0.1, 0.15) is 41.6 Å². The largest absolute Gasteiger partial charge is 0.465 e. The third-order valence-electron chi connectivity index (χ3n) is 4.57. The van der Waals surface area contributed by atoms with Gasteiger partial charge in [-0.05, 0) is 50.7 Å². The molecule has 2 rings (SSSR count). The zero-order valence-corrected chi connectivity index (χ0v) is 20.9. The number of ether oxygens (including phenoxy) is 2. The number of thioether (sulfide) groups is 1. The van der Waals surface area contributed by atoms with Gasteiger partial charge in [-0.15, -0.1) is 12.4 Å². The fraction of sp³-hybridized carbons (Fsp3) is 0.455. The lowest BCUT2D eigenvalue weighted by Gasteiger charge is -2.14. The Bertz CT molecular complexity index is 843. The van der Waals surface area contributed by atoms with Crippen molar-refractivity contribution in [2.75, 3.05) is 40.9 Å². The molecule has 0 unspecified atom stereocenters. The van der Waals surface area contributed by atoms with E-state index in [-0.39, 0.29) is 24.3 Å². The molecule has 0 spiro atoms. The van der Waals surface area contributed by atoms with Gasteiger partial charge >= 0.3 is 11.9 Å². The molecule has 0 aromatic heterocycles. The predicted octanol–water partition coefficient (Wildman–Crippen LogP) is 3.76. The number of benzene rings is 1. The van der Waals surface area contributed by atoms with Gasteiger partial charge in [0.2, 0.25) is 0 Å². The van der Waals surface area contributed by atoms with Gasteiger partial charge in [-0.3, -0.25) is 14.5 Å². The Morgan fingerprint density at radius 1 is 1.16 bits per heavy atom. The topological polar surface area (TPSA) is 76.2 Å². The fourth-order valence-electron chi connectivity index (χ4n) is 2.81. The molecule has 7 nitrogen and oxygen atoms in total. The van der Waals surface area contributed by atoms with Crippen LogP contribution in [0.3, 0.4) is 0 Å². The van der Waals surface area contributed by atoms with E-state index in [4.69, 9.17) is 17.0 Å². The quantitative estimate of drug-likeness (QED) is 0.197. The summed E-state index contributed by atoms with van der Waals surface area (Å²) in [5.74, 6) is -0.705. The van der Waals surface area contributed by atoms with Gasteiger partial charge < -0.3 is 14.4 Å². The zero-order chi connectivity index (χ0) is 22.8. The van der Waals surface area contributed by atoms with Crippen molar-refractivity contribution in [3.8, 4) is 0 Å². The summed E-state index contributed by atoms with van der Waals surface area (Å²) in [6.45, 7) is 1.64. The van der Waals surface area contributed by atoms with Gasteiger partial charge in [-0.25, -0.2) is 4.79 Å². The number of hydrogen-bond acceptors (Lipinski definition) is 8. The summed E-state index contributed by atoms with van der Waals surface area (Å²) in [5, 5.41) is 0. The van der Waals surface area contributed by atoms with Crippen LogP contribution in [0.5, 0.6) is 0 Å². The first kappa shape index (κ1) is 28.1. The van der Waals surface area contributed by atoms with Crippen molar-refractivity contribution in [2.24, 2.45) is 0 Å². The first-order valence-electron chi connectivity index (χ1n) is 10.1. The van der Waals surface area contributed by atoms with E-state index in [1.54, 1.807) is 35.2 Å². The van der Waals surface area contributed by atoms with Crippen LogP contribution in [0, 0.1) is 0 Å². The minimum absolute atomic E-state index is 0. The number of esters is 2. The van der Waals surface area contributed by atoms with Crippen LogP contribution < -0.4 is 0 Å². The molecule has 0 radical (unpaired) electrons. The molecule has 1 aromatic carbocycles. The zero-order valence-electron chi connectivity index (χ0n) is 18.5. The molecule has 0 atom stereocenters. The Hall–Kier alpha value is -1.94. The molecule has 10 heteroatoms. The minimum Gasteiger partial charge on any atom is -0.465 e. The van der Waals surface area contributed by atoms with Crippen molar-refractivity contribution in [2.45, 2.75) is 25.7 Å². The molecule has 32 heavy (non-hydrogen) atoms. The van der Waals surface area contributed by atoms with Crippen molar-refractivity contribution in [3.05, 3.63) is 40.3 Å². The van der Waals surface area contributed by atoms with Gasteiger partial charge in [0.15, 0.2) is 0 Å². The normalized spacial score (nSPS) is 14.6. The number of amides is 1. The maximum Gasteiger partial charge on any atom is 0.337 e. The number of hydrogen-bond donors (Lipinski definition) is 0. The molecule has 0 aliphatic carbocycles. The van der Waals surface area contributed by atoms with Crippen LogP contribution in [0.2, 0.25) is 0 Å². The van der Waals surface area contributed by atoms with E-state index in [9.17, 15) is 14.4 Å². The molecule has 1 heterocycles. The van der Waals surface area contributed by atoms with Crippen molar-refractivity contribution < 1.29 is 23.9 Å². The number of carbonyl (C=O) groups excluding carboxylic acids is 3. The molecule has 0 bridgehead atoms. The van der Waals surface area contributed by atoms with Gasteiger partial charge in [0, 0.05) is 19.5 Å². The minimum atomic E-state index is -0.403. The number of likely N-dealkylation sites (N-methyl/N-ethyl adjacent to an activating group) is 1. The van der Waals surface area contributed by atoms with E-state index in [0.29, 0.717) is 40.9 Å². The highest BCUT2D eigenvalue weighted by atomic mass is 35.5. The smallest absolute Gasteiger partial charge is 0.337 e. The average Bonchev–Trinajstić information content (AvgIpc) is 3.00. The lowest BCUT2D eigenvalue weighted by atomic mass is 10.1. The summed E-state index contributed by atoms with van der Waals surface area (Å²) in [5.41, 5.74) is 1.26. The van der Waals surface area contributed by atoms with Crippen LogP contribution in [0.25, 0.3) is 6.08 Å². The SMILES string of the molecule is COC(=O)c1ccc(/C=C2\SC(=S)N(CCCCCC(=O)OCCN(C)C)C2=O)cc1.Cl. The van der Waals surface area contributed by atoms with Gasteiger partial charge in [-0.2, -0.15) is 0 Å². The third-order valence-corrected chi connectivity index (χ3v) is 5.95. The van der Waals surface area contributed by atoms with Crippen molar-refractivity contribution in [3.63, 3.8) is 0 Å². The summed E-state index contributed by atoms with van der Waals surface area (Å²) in [6, 6.07) is 6.83. The Kier molecular flexibility index (Phi) is 12.5. The Morgan fingerprint density at radius 2 is 1.84 bits per heavy atom. The van der Waals surface area contributed by atoms with Gasteiger partial charge in [0.25, 0.3) is 5.91 Å². The number of nitrogens with zero attached hydrogens (tertiary/aromatic N) is 2. The second-order valence-corrected chi connectivity index (χ2v) is 8.96. The summed E-state index contributed by atoms with van der Waals surface area (Å²) < 4.78 is 10.4. The molecule has 0 saturated carbocycles. The first-order chi connectivity index (χ1) is 14.8. The van der Waals surface area contributed by atoms with Crippen molar-refractivity contribution in [1.82, 2.24) is 9.80 Å². The van der Waals surface area contributed by atoms with Crippen LogP contribution in [0.15, 0.2) is 29.2 Å². The molecule has 1 amide bonds. The maximum absolute atomic E-state index is 12.7. The fourth-order valence-corrected chi connectivity index (χ4v) is 4.12. The third kappa shape index (κ3) is 8.90. The van der Waals surface area contributed by atoms with E-state index in [2.05, 4.69) is 4.74 Å². The second-order valence-electron chi connectivity index (χ2n) is 7.28. The lowest BCUT2D eigenvalue weighted by molar-refractivity contribution is -0.144. The first-order valence-corrected chi connectivity index (χ1v) is 11.3. The molecule has 176 valence electrons. The molecule has 1 saturated heterocycles. The van der Waals surface area contributed by atoms with Crippen LogP contribution in [0.4, 0.5) is 0 Å². The monoisotopic (exact) mass is 500 g/mol. The molecule has 0 N–H and O–H groups in total. The highest BCUT2D eigenvalue weighted by Gasteiger charge is 2.31. The van der Waals surface area contributed by atoms with Gasteiger partial charge in [0.1, 0.15) is 10.9 Å².